The second-order valence-corrected chi connectivity index (χ2v) is 12.8. The first-order valence-electron chi connectivity index (χ1n) is 14.5. The molecule has 2 aliphatic heterocycles. The monoisotopic (exact) mass is 562 g/mol. The van der Waals surface area contributed by atoms with Crippen molar-refractivity contribution in [1.29, 1.82) is 0 Å². The van der Waals surface area contributed by atoms with Crippen molar-refractivity contribution in [2.24, 2.45) is 11.1 Å². The highest BCUT2D eigenvalue weighted by atomic mass is 19.1. The van der Waals surface area contributed by atoms with Crippen LogP contribution in [0.3, 0.4) is 0 Å². The van der Waals surface area contributed by atoms with Gasteiger partial charge in [-0.1, -0.05) is 51.1 Å². The lowest BCUT2D eigenvalue weighted by Gasteiger charge is -2.41. The van der Waals surface area contributed by atoms with Crippen LogP contribution in [0.25, 0.3) is 10.9 Å². The first-order chi connectivity index (χ1) is 19.5. The van der Waals surface area contributed by atoms with E-state index in [9.17, 15) is 14.0 Å². The molecule has 3 heterocycles. The normalized spacial score (nSPS) is 24.4. The summed E-state index contributed by atoms with van der Waals surface area (Å²) in [4.78, 5) is 35.2. The van der Waals surface area contributed by atoms with Gasteiger partial charge in [0, 0.05) is 49.2 Å². The first kappa shape index (κ1) is 29.2. The Labute approximate surface area is 241 Å². The number of carbonyl (C=O) groups is 2. The minimum atomic E-state index is -0.708. The van der Waals surface area contributed by atoms with Gasteiger partial charge in [-0.3, -0.25) is 14.5 Å². The Morgan fingerprint density at radius 2 is 1.93 bits per heavy atom. The quantitative estimate of drug-likeness (QED) is 0.337. The van der Waals surface area contributed by atoms with Crippen molar-refractivity contribution in [3.63, 3.8) is 0 Å². The highest BCUT2D eigenvalue weighted by Crippen LogP contribution is 2.50. The largest absolute Gasteiger partial charge is 0.361 e. The number of nitrogens with zero attached hydrogens (tertiary/aromatic N) is 2. The standard InChI is InChI=1S/C32H43FN6O2/c1-20(35-5)29(40)37-27(31(2,3)4)30(41)39-14-13-32(19-34)28(39)25(18-38(32)17-21-9-7-6-8-10-21)24-16-36-26-15-22(33)11-12-23(24)26/h6-12,15-16,20,25,27-28,35-36H,13-14,17-19,34H2,1-5H3,(H,37,40)/t20-,25+,27?,28?,32-/m0/s1. The number of carbonyl (C=O) groups excluding carboxylic acids is 2. The van der Waals surface area contributed by atoms with Crippen molar-refractivity contribution < 1.29 is 14.0 Å². The van der Waals surface area contributed by atoms with E-state index in [1.165, 1.54) is 17.7 Å². The van der Waals surface area contributed by atoms with E-state index in [2.05, 4.69) is 32.7 Å². The average molecular weight is 563 g/mol. The van der Waals surface area contributed by atoms with E-state index in [-0.39, 0.29) is 29.6 Å². The van der Waals surface area contributed by atoms with Crippen LogP contribution in [0.5, 0.6) is 0 Å². The van der Waals surface area contributed by atoms with Gasteiger partial charge in [-0.05, 0) is 55.1 Å². The van der Waals surface area contributed by atoms with Crippen LogP contribution in [0.1, 0.15) is 51.2 Å². The number of fused-ring (bicyclic) bond motifs is 2. The van der Waals surface area contributed by atoms with Crippen LogP contribution in [0.2, 0.25) is 0 Å². The van der Waals surface area contributed by atoms with Crippen LogP contribution in [-0.2, 0) is 16.1 Å². The Morgan fingerprint density at radius 1 is 1.20 bits per heavy atom. The van der Waals surface area contributed by atoms with E-state index >= 15 is 0 Å². The molecular weight excluding hydrogens is 519 g/mol. The fourth-order valence-corrected chi connectivity index (χ4v) is 6.88. The van der Waals surface area contributed by atoms with E-state index in [1.54, 1.807) is 14.0 Å². The molecule has 41 heavy (non-hydrogen) atoms. The fraction of sp³-hybridized carbons (Fsp3) is 0.500. The summed E-state index contributed by atoms with van der Waals surface area (Å²) >= 11 is 0. The van der Waals surface area contributed by atoms with Gasteiger partial charge in [0.1, 0.15) is 11.9 Å². The lowest BCUT2D eigenvalue weighted by atomic mass is 9.81. The molecule has 2 aliphatic rings. The summed E-state index contributed by atoms with van der Waals surface area (Å²) in [5.74, 6) is -0.652. The molecule has 8 nitrogen and oxygen atoms in total. The Kier molecular flexibility index (Phi) is 7.98. The highest BCUT2D eigenvalue weighted by Gasteiger charge is 2.61. The number of nitrogens with one attached hydrogen (secondary N) is 3. The van der Waals surface area contributed by atoms with Crippen molar-refractivity contribution in [3.8, 4) is 0 Å². The van der Waals surface area contributed by atoms with Gasteiger partial charge in [0.15, 0.2) is 0 Å². The summed E-state index contributed by atoms with van der Waals surface area (Å²) in [6.07, 6.45) is 2.69. The molecule has 1 aromatic heterocycles. The number of hydrogen-bond donors (Lipinski definition) is 4. The predicted molar refractivity (Wildman–Crippen MR) is 160 cm³/mol. The lowest BCUT2D eigenvalue weighted by molar-refractivity contribution is -0.141. The molecule has 0 saturated carbocycles. The SMILES string of the molecule is CN[C@@H](C)C(=O)NC(C(=O)N1CC[C@]2(CN)C1[C@@H](c1c[nH]c3cc(F)ccc13)CN2Cc1ccccc1)C(C)(C)C. The van der Waals surface area contributed by atoms with Gasteiger partial charge in [0.2, 0.25) is 11.8 Å². The fourth-order valence-electron chi connectivity index (χ4n) is 6.88. The molecule has 2 fully saturated rings. The molecule has 0 bridgehead atoms. The zero-order valence-electron chi connectivity index (χ0n) is 24.7. The summed E-state index contributed by atoms with van der Waals surface area (Å²) < 4.78 is 14.1. The zero-order valence-corrected chi connectivity index (χ0v) is 24.7. The van der Waals surface area contributed by atoms with Crippen LogP contribution in [0.15, 0.2) is 54.7 Å². The number of likely N-dealkylation sites (tertiary alicyclic amines) is 2. The molecule has 0 spiro atoms. The summed E-state index contributed by atoms with van der Waals surface area (Å²) in [6, 6.07) is 13.8. The van der Waals surface area contributed by atoms with E-state index in [4.69, 9.17) is 5.73 Å². The number of nitrogens with two attached hydrogens (primary N) is 1. The molecule has 5 N–H and O–H groups in total. The summed E-state index contributed by atoms with van der Waals surface area (Å²) in [5.41, 5.74) is 8.67. The van der Waals surface area contributed by atoms with Crippen molar-refractivity contribution in [2.45, 2.75) is 70.2 Å². The van der Waals surface area contributed by atoms with Gasteiger partial charge in [-0.25, -0.2) is 4.39 Å². The molecular formula is C32H43FN6O2. The molecule has 2 aromatic carbocycles. The summed E-state index contributed by atoms with van der Waals surface area (Å²) in [5, 5.41) is 6.96. The van der Waals surface area contributed by atoms with Crippen molar-refractivity contribution in [2.75, 3.05) is 26.7 Å². The Bertz CT molecular complexity index is 1400. The van der Waals surface area contributed by atoms with Gasteiger partial charge in [-0.2, -0.15) is 0 Å². The average Bonchev–Trinajstić information content (AvgIpc) is 3.62. The molecule has 3 aromatic rings. The smallest absolute Gasteiger partial charge is 0.246 e. The van der Waals surface area contributed by atoms with Gasteiger partial charge < -0.3 is 26.3 Å². The number of benzene rings is 2. The van der Waals surface area contributed by atoms with Crippen LogP contribution < -0.4 is 16.4 Å². The Balaban J connectivity index is 1.57. The number of H-pyrrole nitrogens is 1. The minimum absolute atomic E-state index is 0.0551. The second-order valence-electron chi connectivity index (χ2n) is 12.8. The van der Waals surface area contributed by atoms with Crippen LogP contribution in [-0.4, -0.2) is 76.9 Å². The zero-order chi connectivity index (χ0) is 29.5. The maximum atomic E-state index is 14.5. The topological polar surface area (TPSA) is 106 Å². The first-order valence-corrected chi connectivity index (χ1v) is 14.5. The number of hydrogen-bond acceptors (Lipinski definition) is 5. The number of halogens is 1. The Morgan fingerprint density at radius 3 is 2.59 bits per heavy atom. The van der Waals surface area contributed by atoms with E-state index in [0.717, 1.165) is 22.9 Å². The van der Waals surface area contributed by atoms with Gasteiger partial charge >= 0.3 is 0 Å². The van der Waals surface area contributed by atoms with Crippen molar-refractivity contribution in [3.05, 3.63) is 71.7 Å². The second kappa shape index (κ2) is 11.2. The third-order valence-corrected chi connectivity index (χ3v) is 9.25. The maximum absolute atomic E-state index is 14.5. The van der Waals surface area contributed by atoms with Crippen LogP contribution in [0.4, 0.5) is 4.39 Å². The molecule has 9 heteroatoms. The number of aromatic amines is 1. The highest BCUT2D eigenvalue weighted by molar-refractivity contribution is 5.91. The van der Waals surface area contributed by atoms with Gasteiger partial charge in [0.25, 0.3) is 0 Å². The van der Waals surface area contributed by atoms with E-state index in [0.29, 0.717) is 26.2 Å². The molecule has 220 valence electrons. The maximum Gasteiger partial charge on any atom is 0.246 e. The van der Waals surface area contributed by atoms with Crippen molar-refractivity contribution in [1.82, 2.24) is 25.4 Å². The van der Waals surface area contributed by atoms with Crippen molar-refractivity contribution >= 4 is 22.7 Å². The third kappa shape index (κ3) is 5.27. The molecule has 0 aliphatic carbocycles. The predicted octanol–water partition coefficient (Wildman–Crippen LogP) is 3.34. The third-order valence-electron chi connectivity index (χ3n) is 9.25. The Hall–Kier alpha value is -3.27. The molecule has 2 amide bonds. The molecule has 0 radical (unpaired) electrons. The van der Waals surface area contributed by atoms with Crippen LogP contribution in [0, 0.1) is 11.2 Å². The van der Waals surface area contributed by atoms with Gasteiger partial charge in [0.05, 0.1) is 17.6 Å². The molecule has 2 saturated heterocycles. The number of likely N-dealkylation sites (N-methyl/N-ethyl adjacent to an activating group) is 1. The van der Waals surface area contributed by atoms with Gasteiger partial charge in [-0.15, -0.1) is 0 Å². The van der Waals surface area contributed by atoms with E-state index in [1.807, 2.05) is 56.1 Å². The summed E-state index contributed by atoms with van der Waals surface area (Å²) in [7, 11) is 1.73. The van der Waals surface area contributed by atoms with Crippen LogP contribution >= 0.6 is 0 Å². The number of aromatic nitrogens is 1. The number of rotatable bonds is 8. The summed E-state index contributed by atoms with van der Waals surface area (Å²) in [6.45, 7) is 10.1. The molecule has 5 atom stereocenters. The molecule has 2 unspecified atom stereocenters. The van der Waals surface area contributed by atoms with E-state index < -0.39 is 23.0 Å². The minimum Gasteiger partial charge on any atom is -0.361 e. The lowest BCUT2D eigenvalue weighted by Crippen LogP contribution is -2.61. The number of amides is 2. The molecule has 5 rings (SSSR count).